The first kappa shape index (κ1) is 12.2. The molecule has 86 valence electrons. The number of para-hydroxylation sites is 1. The molecule has 1 aromatic rings. The molecule has 0 heterocycles. The van der Waals surface area contributed by atoms with E-state index in [9.17, 15) is 9.18 Å². The molecular weight excluding hydrogens is 211 g/mol. The maximum absolute atomic E-state index is 12.1. The fourth-order valence-electron chi connectivity index (χ4n) is 0.969. The van der Waals surface area contributed by atoms with Gasteiger partial charge in [-0.1, -0.05) is 18.2 Å². The molecule has 4 nitrogen and oxygen atoms in total. The summed E-state index contributed by atoms with van der Waals surface area (Å²) in [6.45, 7) is -0.124. The van der Waals surface area contributed by atoms with Crippen LogP contribution in [0.25, 0.3) is 0 Å². The standard InChI is InChI=1S/C11H13FN2O2/c12-6-9(7-13)8-16-11(15)14-10-4-2-1-3-5-10/h1-6H,7-8,13H2,(H,14,15)/b9-6+. The van der Waals surface area contributed by atoms with Crippen molar-refractivity contribution in [3.8, 4) is 0 Å². The third kappa shape index (κ3) is 4.10. The fourth-order valence-corrected chi connectivity index (χ4v) is 0.969. The lowest BCUT2D eigenvalue weighted by molar-refractivity contribution is 0.171. The van der Waals surface area contributed by atoms with Crippen molar-refractivity contribution in [1.29, 1.82) is 0 Å². The van der Waals surface area contributed by atoms with E-state index in [-0.39, 0.29) is 18.7 Å². The van der Waals surface area contributed by atoms with Crippen LogP contribution in [0.2, 0.25) is 0 Å². The number of ether oxygens (including phenoxy) is 1. The Morgan fingerprint density at radius 3 is 2.69 bits per heavy atom. The normalized spacial score (nSPS) is 11.0. The number of hydrogen-bond acceptors (Lipinski definition) is 3. The molecule has 0 radical (unpaired) electrons. The van der Waals surface area contributed by atoms with Gasteiger partial charge in [0, 0.05) is 17.8 Å². The van der Waals surface area contributed by atoms with Crippen molar-refractivity contribution in [1.82, 2.24) is 0 Å². The Hall–Kier alpha value is -1.88. The molecule has 0 aliphatic rings. The highest BCUT2D eigenvalue weighted by Crippen LogP contribution is 2.05. The molecule has 1 amide bonds. The second-order valence-corrected chi connectivity index (χ2v) is 3.04. The Morgan fingerprint density at radius 1 is 1.44 bits per heavy atom. The van der Waals surface area contributed by atoms with Crippen LogP contribution in [0.15, 0.2) is 42.2 Å². The van der Waals surface area contributed by atoms with Crippen LogP contribution in [-0.2, 0) is 4.74 Å². The van der Waals surface area contributed by atoms with Gasteiger partial charge in [0.05, 0.1) is 6.33 Å². The molecule has 0 saturated carbocycles. The summed E-state index contributed by atoms with van der Waals surface area (Å²) in [6, 6.07) is 8.83. The average Bonchev–Trinajstić information content (AvgIpc) is 2.31. The van der Waals surface area contributed by atoms with E-state index in [4.69, 9.17) is 10.5 Å². The van der Waals surface area contributed by atoms with Crippen LogP contribution in [0, 0.1) is 0 Å². The summed E-state index contributed by atoms with van der Waals surface area (Å²) < 4.78 is 16.8. The average molecular weight is 224 g/mol. The van der Waals surface area contributed by atoms with E-state index in [1.807, 2.05) is 6.07 Å². The first-order chi connectivity index (χ1) is 7.76. The Labute approximate surface area is 92.9 Å². The molecule has 1 aromatic carbocycles. The van der Waals surface area contributed by atoms with E-state index in [1.165, 1.54) is 0 Å². The number of nitrogens with one attached hydrogen (secondary N) is 1. The molecule has 0 atom stereocenters. The molecule has 16 heavy (non-hydrogen) atoms. The van der Waals surface area contributed by atoms with Crippen molar-refractivity contribution in [3.05, 3.63) is 42.2 Å². The van der Waals surface area contributed by atoms with Gasteiger partial charge in [-0.15, -0.1) is 0 Å². The molecule has 0 aromatic heterocycles. The van der Waals surface area contributed by atoms with Gasteiger partial charge in [-0.2, -0.15) is 0 Å². The van der Waals surface area contributed by atoms with Crippen molar-refractivity contribution < 1.29 is 13.9 Å². The second kappa shape index (κ2) is 6.58. The van der Waals surface area contributed by atoms with E-state index in [0.29, 0.717) is 12.0 Å². The van der Waals surface area contributed by atoms with Crippen molar-refractivity contribution in [2.45, 2.75) is 0 Å². The maximum atomic E-state index is 12.1. The Morgan fingerprint density at radius 2 is 2.12 bits per heavy atom. The number of carbonyl (C=O) groups is 1. The van der Waals surface area contributed by atoms with Gasteiger partial charge in [0.1, 0.15) is 6.61 Å². The summed E-state index contributed by atoms with van der Waals surface area (Å²) >= 11 is 0. The first-order valence-electron chi connectivity index (χ1n) is 4.73. The largest absolute Gasteiger partial charge is 0.445 e. The number of amides is 1. The predicted molar refractivity (Wildman–Crippen MR) is 59.7 cm³/mol. The lowest BCUT2D eigenvalue weighted by Gasteiger charge is -2.07. The van der Waals surface area contributed by atoms with Gasteiger partial charge in [0.25, 0.3) is 0 Å². The van der Waals surface area contributed by atoms with Crippen LogP contribution in [0.3, 0.4) is 0 Å². The number of hydrogen-bond donors (Lipinski definition) is 2. The number of nitrogens with two attached hydrogens (primary N) is 1. The van der Waals surface area contributed by atoms with Gasteiger partial charge in [-0.3, -0.25) is 5.32 Å². The number of benzene rings is 1. The molecule has 0 aliphatic heterocycles. The molecule has 0 aliphatic carbocycles. The van der Waals surface area contributed by atoms with Crippen molar-refractivity contribution in [3.63, 3.8) is 0 Å². The van der Waals surface area contributed by atoms with Crippen LogP contribution in [0.4, 0.5) is 14.9 Å². The SMILES string of the molecule is NC/C(=C\F)COC(=O)Nc1ccccc1. The molecule has 3 N–H and O–H groups in total. The minimum absolute atomic E-state index is 0.0229. The van der Waals surface area contributed by atoms with Crippen LogP contribution in [0.1, 0.15) is 0 Å². The highest BCUT2D eigenvalue weighted by atomic mass is 19.1. The fraction of sp³-hybridized carbons (Fsp3) is 0.182. The summed E-state index contributed by atoms with van der Waals surface area (Å²) in [7, 11) is 0. The van der Waals surface area contributed by atoms with Crippen LogP contribution >= 0.6 is 0 Å². The Balaban J connectivity index is 2.37. The molecule has 1 rings (SSSR count). The zero-order valence-electron chi connectivity index (χ0n) is 8.65. The predicted octanol–water partition coefficient (Wildman–Crippen LogP) is 2.05. The van der Waals surface area contributed by atoms with Gasteiger partial charge in [0.2, 0.25) is 0 Å². The smallest absolute Gasteiger partial charge is 0.411 e. The van der Waals surface area contributed by atoms with E-state index < -0.39 is 6.09 Å². The summed E-state index contributed by atoms with van der Waals surface area (Å²) in [5.41, 5.74) is 6.04. The quantitative estimate of drug-likeness (QED) is 0.822. The van der Waals surface area contributed by atoms with Crippen LogP contribution < -0.4 is 11.1 Å². The number of anilines is 1. The van der Waals surface area contributed by atoms with Gasteiger partial charge in [0.15, 0.2) is 0 Å². The highest BCUT2D eigenvalue weighted by molar-refractivity contribution is 5.84. The van der Waals surface area contributed by atoms with Crippen molar-refractivity contribution >= 4 is 11.8 Å². The Kier molecular flexibility index (Phi) is 5.01. The number of halogens is 1. The summed E-state index contributed by atoms with van der Waals surface area (Å²) in [5.74, 6) is 0. The maximum Gasteiger partial charge on any atom is 0.411 e. The van der Waals surface area contributed by atoms with Gasteiger partial charge >= 0.3 is 6.09 Å². The van der Waals surface area contributed by atoms with E-state index in [1.54, 1.807) is 24.3 Å². The molecule has 0 bridgehead atoms. The second-order valence-electron chi connectivity index (χ2n) is 3.04. The minimum atomic E-state index is -0.640. The summed E-state index contributed by atoms with van der Waals surface area (Å²) in [6.07, 6.45) is -0.297. The van der Waals surface area contributed by atoms with Crippen LogP contribution in [-0.4, -0.2) is 19.2 Å². The third-order valence-corrected chi connectivity index (χ3v) is 1.83. The van der Waals surface area contributed by atoms with E-state index in [0.717, 1.165) is 0 Å². The zero-order valence-corrected chi connectivity index (χ0v) is 8.65. The number of carbonyl (C=O) groups excluding carboxylic acids is 1. The highest BCUT2D eigenvalue weighted by Gasteiger charge is 2.03. The zero-order chi connectivity index (χ0) is 11.8. The third-order valence-electron chi connectivity index (χ3n) is 1.83. The minimum Gasteiger partial charge on any atom is -0.445 e. The van der Waals surface area contributed by atoms with Crippen molar-refractivity contribution in [2.24, 2.45) is 5.73 Å². The van der Waals surface area contributed by atoms with E-state index in [2.05, 4.69) is 5.32 Å². The van der Waals surface area contributed by atoms with Gasteiger partial charge in [-0.25, -0.2) is 9.18 Å². The van der Waals surface area contributed by atoms with Gasteiger partial charge < -0.3 is 10.5 Å². The van der Waals surface area contributed by atoms with Crippen molar-refractivity contribution in [2.75, 3.05) is 18.5 Å². The monoisotopic (exact) mass is 224 g/mol. The lowest BCUT2D eigenvalue weighted by atomic mass is 10.3. The van der Waals surface area contributed by atoms with E-state index >= 15 is 0 Å². The molecule has 0 fully saturated rings. The molecular formula is C11H13FN2O2. The molecule has 0 unspecified atom stereocenters. The van der Waals surface area contributed by atoms with Crippen LogP contribution in [0.5, 0.6) is 0 Å². The lowest BCUT2D eigenvalue weighted by Crippen LogP contribution is -2.17. The molecule has 0 saturated heterocycles. The molecule has 0 spiro atoms. The van der Waals surface area contributed by atoms with Gasteiger partial charge in [-0.05, 0) is 12.1 Å². The number of rotatable bonds is 4. The first-order valence-corrected chi connectivity index (χ1v) is 4.73. The summed E-state index contributed by atoms with van der Waals surface area (Å²) in [5, 5.41) is 2.49. The molecule has 5 heteroatoms. The summed E-state index contributed by atoms with van der Waals surface area (Å²) in [4.78, 5) is 11.2. The Bertz CT molecular complexity index is 366. The topological polar surface area (TPSA) is 64.3 Å².